The molecule has 0 aliphatic carbocycles. The van der Waals surface area contributed by atoms with Crippen LogP contribution in [0.2, 0.25) is 0 Å². The van der Waals surface area contributed by atoms with E-state index < -0.39 is 0 Å². The zero-order valence-corrected chi connectivity index (χ0v) is 12.1. The van der Waals surface area contributed by atoms with Crippen LogP contribution in [-0.2, 0) is 0 Å². The third kappa shape index (κ3) is 3.54. The van der Waals surface area contributed by atoms with Gasteiger partial charge in [0.1, 0.15) is 0 Å². The predicted molar refractivity (Wildman–Crippen MR) is 74.4 cm³/mol. The van der Waals surface area contributed by atoms with Crippen molar-refractivity contribution in [1.29, 1.82) is 0 Å². The van der Waals surface area contributed by atoms with Crippen molar-refractivity contribution in [2.45, 2.75) is 29.8 Å². The highest BCUT2D eigenvalue weighted by atomic mass is 79.9. The largest absolute Gasteiger partial charge is 0.230 e. The Bertz CT molecular complexity index is 480. The summed E-state index contributed by atoms with van der Waals surface area (Å²) in [6.07, 6.45) is 3.52. The summed E-state index contributed by atoms with van der Waals surface area (Å²) in [5.74, 6) is 0.568. The molecule has 0 aliphatic heterocycles. The molecule has 0 saturated heterocycles. The third-order valence-corrected chi connectivity index (χ3v) is 3.66. The highest BCUT2D eigenvalue weighted by Gasteiger charge is 2.02. The Morgan fingerprint density at radius 3 is 2.18 bits per heavy atom. The van der Waals surface area contributed by atoms with Crippen LogP contribution in [0, 0.1) is 0 Å². The molecule has 2 rings (SSSR count). The first-order valence-electron chi connectivity index (χ1n) is 5.40. The maximum Gasteiger partial charge on any atom is 0.192 e. The van der Waals surface area contributed by atoms with Crippen molar-refractivity contribution in [3.8, 4) is 0 Å². The summed E-state index contributed by atoms with van der Waals surface area (Å²) in [5, 5.41) is 0.769. The van der Waals surface area contributed by atoms with Crippen molar-refractivity contribution in [2.75, 3.05) is 0 Å². The molecule has 2 aromatic rings. The second-order valence-corrected chi connectivity index (χ2v) is 5.97. The van der Waals surface area contributed by atoms with Gasteiger partial charge in [-0.15, -0.1) is 0 Å². The molecule has 0 atom stereocenters. The van der Waals surface area contributed by atoms with E-state index in [9.17, 15) is 0 Å². The molecule has 0 radical (unpaired) electrons. The van der Waals surface area contributed by atoms with Gasteiger partial charge < -0.3 is 0 Å². The smallest absolute Gasteiger partial charge is 0.192 e. The average Bonchev–Trinajstić information content (AvgIpc) is 2.33. The Hall–Kier alpha value is -0.870. The molecular weight excluding hydrogens is 296 g/mol. The van der Waals surface area contributed by atoms with E-state index in [1.807, 2.05) is 0 Å². The maximum absolute atomic E-state index is 4.24. The minimum atomic E-state index is 0.568. The summed E-state index contributed by atoms with van der Waals surface area (Å²) in [5.41, 5.74) is 1.35. The van der Waals surface area contributed by atoms with Gasteiger partial charge in [-0.2, -0.15) is 0 Å². The Morgan fingerprint density at radius 2 is 1.65 bits per heavy atom. The fourth-order valence-corrected chi connectivity index (χ4v) is 2.28. The van der Waals surface area contributed by atoms with Gasteiger partial charge in [0.25, 0.3) is 0 Å². The van der Waals surface area contributed by atoms with Gasteiger partial charge in [0.05, 0.1) is 4.47 Å². The molecule has 0 fully saturated rings. The number of nitrogens with zero attached hydrogens (tertiary/aromatic N) is 2. The van der Waals surface area contributed by atoms with Crippen molar-refractivity contribution in [3.63, 3.8) is 0 Å². The quantitative estimate of drug-likeness (QED) is 0.780. The van der Waals surface area contributed by atoms with Gasteiger partial charge in [-0.05, 0) is 51.3 Å². The lowest BCUT2D eigenvalue weighted by Crippen LogP contribution is -1.87. The Morgan fingerprint density at radius 1 is 1.06 bits per heavy atom. The van der Waals surface area contributed by atoms with Crippen LogP contribution in [0.25, 0.3) is 0 Å². The molecule has 0 N–H and O–H groups in total. The lowest BCUT2D eigenvalue weighted by atomic mass is 10.0. The van der Waals surface area contributed by atoms with E-state index in [1.165, 1.54) is 5.56 Å². The number of halogens is 1. The normalized spacial score (nSPS) is 10.8. The summed E-state index contributed by atoms with van der Waals surface area (Å²) in [6, 6.07) is 8.55. The zero-order valence-electron chi connectivity index (χ0n) is 9.72. The number of benzene rings is 1. The van der Waals surface area contributed by atoms with Crippen molar-refractivity contribution in [1.82, 2.24) is 9.97 Å². The van der Waals surface area contributed by atoms with Crippen molar-refractivity contribution < 1.29 is 0 Å². The van der Waals surface area contributed by atoms with Gasteiger partial charge in [0.15, 0.2) is 5.16 Å². The van der Waals surface area contributed by atoms with Crippen LogP contribution in [0.15, 0.2) is 51.2 Å². The first-order chi connectivity index (χ1) is 8.15. The molecule has 0 bridgehead atoms. The summed E-state index contributed by atoms with van der Waals surface area (Å²) in [7, 11) is 0. The zero-order chi connectivity index (χ0) is 12.3. The van der Waals surface area contributed by atoms with Gasteiger partial charge in [-0.3, -0.25) is 0 Å². The molecule has 1 heterocycles. The number of aromatic nitrogens is 2. The molecule has 0 unspecified atom stereocenters. The minimum Gasteiger partial charge on any atom is -0.230 e. The van der Waals surface area contributed by atoms with Crippen LogP contribution in [0.3, 0.4) is 0 Å². The molecule has 1 aromatic carbocycles. The minimum absolute atomic E-state index is 0.568. The van der Waals surface area contributed by atoms with Crippen molar-refractivity contribution in [2.24, 2.45) is 0 Å². The second kappa shape index (κ2) is 5.65. The average molecular weight is 309 g/mol. The standard InChI is InChI=1S/C13H13BrN2S/c1-9(2)10-3-5-12(6-4-10)17-13-15-7-11(14)8-16-13/h3-9H,1-2H3. The van der Waals surface area contributed by atoms with Gasteiger partial charge in [0.2, 0.25) is 0 Å². The van der Waals surface area contributed by atoms with Crippen molar-refractivity contribution in [3.05, 3.63) is 46.7 Å². The van der Waals surface area contributed by atoms with E-state index in [0.717, 1.165) is 14.5 Å². The topological polar surface area (TPSA) is 25.8 Å². The molecule has 2 nitrogen and oxygen atoms in total. The number of hydrogen-bond acceptors (Lipinski definition) is 3. The number of hydrogen-bond donors (Lipinski definition) is 0. The number of rotatable bonds is 3. The Kier molecular flexibility index (Phi) is 4.18. The van der Waals surface area contributed by atoms with Gasteiger partial charge in [-0.1, -0.05) is 26.0 Å². The summed E-state index contributed by atoms with van der Waals surface area (Å²) in [4.78, 5) is 9.64. The summed E-state index contributed by atoms with van der Waals surface area (Å²) < 4.78 is 0.900. The summed E-state index contributed by atoms with van der Waals surface area (Å²) >= 11 is 4.90. The monoisotopic (exact) mass is 308 g/mol. The molecule has 0 saturated carbocycles. The molecule has 0 amide bonds. The van der Waals surface area contributed by atoms with Gasteiger partial charge >= 0.3 is 0 Å². The van der Waals surface area contributed by atoms with Crippen LogP contribution >= 0.6 is 27.7 Å². The third-order valence-electron chi connectivity index (χ3n) is 2.35. The van der Waals surface area contributed by atoms with Crippen LogP contribution in [-0.4, -0.2) is 9.97 Å². The first kappa shape index (κ1) is 12.6. The Labute approximate surface area is 114 Å². The van der Waals surface area contributed by atoms with Crippen LogP contribution in [0.5, 0.6) is 0 Å². The molecule has 1 aromatic heterocycles. The van der Waals surface area contributed by atoms with Crippen molar-refractivity contribution >= 4 is 27.7 Å². The fraction of sp³-hybridized carbons (Fsp3) is 0.231. The molecule has 88 valence electrons. The lowest BCUT2D eigenvalue weighted by Gasteiger charge is -2.05. The van der Waals surface area contributed by atoms with Crippen LogP contribution in [0.1, 0.15) is 25.3 Å². The van der Waals surface area contributed by atoms with Gasteiger partial charge in [0, 0.05) is 17.3 Å². The first-order valence-corrected chi connectivity index (χ1v) is 7.01. The van der Waals surface area contributed by atoms with Crippen LogP contribution < -0.4 is 0 Å². The molecule has 0 aliphatic rings. The molecule has 4 heteroatoms. The highest BCUT2D eigenvalue weighted by molar-refractivity contribution is 9.10. The Balaban J connectivity index is 2.11. The predicted octanol–water partition coefficient (Wildman–Crippen LogP) is 4.51. The van der Waals surface area contributed by atoms with Gasteiger partial charge in [-0.25, -0.2) is 9.97 Å². The van der Waals surface area contributed by atoms with E-state index >= 15 is 0 Å². The second-order valence-electron chi connectivity index (χ2n) is 4.01. The maximum atomic E-state index is 4.24. The van der Waals surface area contributed by atoms with E-state index in [0.29, 0.717) is 5.92 Å². The van der Waals surface area contributed by atoms with E-state index in [-0.39, 0.29) is 0 Å². The van der Waals surface area contributed by atoms with E-state index in [1.54, 1.807) is 24.2 Å². The molecular formula is C13H13BrN2S. The SMILES string of the molecule is CC(C)c1ccc(Sc2ncc(Br)cn2)cc1. The van der Waals surface area contributed by atoms with E-state index in [2.05, 4.69) is 64.0 Å². The molecule has 0 spiro atoms. The molecule has 17 heavy (non-hydrogen) atoms. The fourth-order valence-electron chi connectivity index (χ4n) is 1.38. The summed E-state index contributed by atoms with van der Waals surface area (Å²) in [6.45, 7) is 4.39. The highest BCUT2D eigenvalue weighted by Crippen LogP contribution is 2.26. The van der Waals surface area contributed by atoms with E-state index in [4.69, 9.17) is 0 Å². The van der Waals surface area contributed by atoms with Crippen LogP contribution in [0.4, 0.5) is 0 Å². The lowest BCUT2D eigenvalue weighted by molar-refractivity contribution is 0.864.